The van der Waals surface area contributed by atoms with Crippen molar-refractivity contribution < 1.29 is 4.74 Å². The summed E-state index contributed by atoms with van der Waals surface area (Å²) >= 11 is 0. The second-order valence-electron chi connectivity index (χ2n) is 6.30. The van der Waals surface area contributed by atoms with Crippen molar-refractivity contribution in [3.63, 3.8) is 0 Å². The molecule has 3 rings (SSSR count). The molecule has 2 N–H and O–H groups in total. The maximum atomic E-state index is 5.95. The summed E-state index contributed by atoms with van der Waals surface area (Å²) in [6, 6.07) is 5.62. The number of nitrogens with two attached hydrogens (primary N) is 1. The van der Waals surface area contributed by atoms with Gasteiger partial charge >= 0.3 is 0 Å². The van der Waals surface area contributed by atoms with Crippen LogP contribution in [0, 0.1) is 0 Å². The Kier molecular flexibility index (Phi) is 4.81. The molecule has 1 fully saturated rings. The molecule has 0 aliphatic carbocycles. The van der Waals surface area contributed by atoms with Crippen molar-refractivity contribution in [2.24, 2.45) is 0 Å². The van der Waals surface area contributed by atoms with Gasteiger partial charge in [-0.05, 0) is 51.6 Å². The fourth-order valence-corrected chi connectivity index (χ4v) is 2.78. The first-order chi connectivity index (χ1) is 11.1. The van der Waals surface area contributed by atoms with Gasteiger partial charge in [-0.3, -0.25) is 0 Å². The number of nitrogen functional groups attached to an aromatic ring is 1. The molecule has 6 nitrogen and oxygen atoms in total. The smallest absolute Gasteiger partial charge is 0.258 e. The molecule has 1 saturated heterocycles. The fraction of sp³-hybridized carbons (Fsp3) is 0.529. The summed E-state index contributed by atoms with van der Waals surface area (Å²) in [6.45, 7) is 3.46. The number of hydrogen-bond acceptors (Lipinski definition) is 6. The Morgan fingerprint density at radius 1 is 1.13 bits per heavy atom. The highest BCUT2D eigenvalue weighted by Gasteiger charge is 2.19. The Morgan fingerprint density at radius 3 is 2.65 bits per heavy atom. The molecule has 2 aromatic rings. The number of piperidine rings is 1. The van der Waals surface area contributed by atoms with E-state index >= 15 is 0 Å². The molecule has 1 aliphatic heterocycles. The molecule has 1 aromatic heterocycles. The molecule has 0 saturated carbocycles. The van der Waals surface area contributed by atoms with Crippen molar-refractivity contribution in [1.82, 2.24) is 14.9 Å². The van der Waals surface area contributed by atoms with Crippen LogP contribution >= 0.6 is 0 Å². The van der Waals surface area contributed by atoms with E-state index in [4.69, 9.17) is 15.5 Å². The van der Waals surface area contributed by atoms with Crippen molar-refractivity contribution >= 4 is 22.5 Å². The summed E-state index contributed by atoms with van der Waals surface area (Å²) in [4.78, 5) is 13.9. The highest BCUT2D eigenvalue weighted by Crippen LogP contribution is 2.29. The second kappa shape index (κ2) is 7.00. The standard InChI is InChI=1S/C17H25N5O/c1-21(2)10-11-23-17-16(22-8-4-3-5-9-22)19-15-12-13(18)6-7-14(15)20-17/h6-7,12H,3-5,8-11,18H2,1-2H3. The van der Waals surface area contributed by atoms with Crippen LogP contribution in [0.3, 0.4) is 0 Å². The van der Waals surface area contributed by atoms with Crippen LogP contribution in [0.4, 0.5) is 11.5 Å². The second-order valence-corrected chi connectivity index (χ2v) is 6.30. The van der Waals surface area contributed by atoms with E-state index in [9.17, 15) is 0 Å². The lowest BCUT2D eigenvalue weighted by atomic mass is 10.1. The minimum Gasteiger partial charge on any atom is -0.474 e. The van der Waals surface area contributed by atoms with Crippen LogP contribution in [-0.4, -0.2) is 55.2 Å². The molecule has 0 bridgehead atoms. The predicted molar refractivity (Wildman–Crippen MR) is 94.1 cm³/mol. The van der Waals surface area contributed by atoms with Gasteiger partial charge in [-0.25, -0.2) is 9.97 Å². The Bertz CT molecular complexity index is 667. The van der Waals surface area contributed by atoms with E-state index in [2.05, 4.69) is 14.8 Å². The third-order valence-electron chi connectivity index (χ3n) is 4.07. The summed E-state index contributed by atoms with van der Waals surface area (Å²) in [7, 11) is 4.06. The van der Waals surface area contributed by atoms with Gasteiger partial charge in [0.15, 0.2) is 5.82 Å². The summed E-state index contributed by atoms with van der Waals surface area (Å²) in [5, 5.41) is 0. The topological polar surface area (TPSA) is 67.5 Å². The number of hydrogen-bond donors (Lipinski definition) is 1. The lowest BCUT2D eigenvalue weighted by molar-refractivity contribution is 0.254. The average molecular weight is 315 g/mol. The van der Waals surface area contributed by atoms with E-state index in [1.165, 1.54) is 19.3 Å². The highest BCUT2D eigenvalue weighted by atomic mass is 16.5. The molecule has 0 radical (unpaired) electrons. The van der Waals surface area contributed by atoms with Crippen molar-refractivity contribution in [3.8, 4) is 5.88 Å². The molecule has 6 heteroatoms. The summed E-state index contributed by atoms with van der Waals surface area (Å²) < 4.78 is 5.95. The van der Waals surface area contributed by atoms with Crippen LogP contribution in [0.2, 0.25) is 0 Å². The molecule has 0 atom stereocenters. The first-order valence-electron chi connectivity index (χ1n) is 8.23. The van der Waals surface area contributed by atoms with Crippen LogP contribution in [0.1, 0.15) is 19.3 Å². The maximum Gasteiger partial charge on any atom is 0.258 e. The average Bonchev–Trinajstić information content (AvgIpc) is 2.55. The molecule has 23 heavy (non-hydrogen) atoms. The highest BCUT2D eigenvalue weighted by molar-refractivity contribution is 5.80. The number of rotatable bonds is 5. The lowest BCUT2D eigenvalue weighted by Gasteiger charge is -2.29. The molecular weight excluding hydrogens is 290 g/mol. The van der Waals surface area contributed by atoms with E-state index in [-0.39, 0.29) is 0 Å². The van der Waals surface area contributed by atoms with Crippen LogP contribution in [0.5, 0.6) is 5.88 Å². The number of aromatic nitrogens is 2. The van der Waals surface area contributed by atoms with Crippen LogP contribution < -0.4 is 15.4 Å². The van der Waals surface area contributed by atoms with Gasteiger partial charge < -0.3 is 20.3 Å². The van der Waals surface area contributed by atoms with Crippen molar-refractivity contribution in [2.45, 2.75) is 19.3 Å². The first kappa shape index (κ1) is 15.8. The largest absolute Gasteiger partial charge is 0.474 e. The van der Waals surface area contributed by atoms with Gasteiger partial charge in [0.1, 0.15) is 6.61 Å². The summed E-state index contributed by atoms with van der Waals surface area (Å²) in [5.74, 6) is 1.48. The minimum absolute atomic E-state index is 0.600. The van der Waals surface area contributed by atoms with Crippen LogP contribution in [-0.2, 0) is 0 Å². The van der Waals surface area contributed by atoms with Gasteiger partial charge in [0.25, 0.3) is 5.88 Å². The molecule has 0 unspecified atom stereocenters. The third kappa shape index (κ3) is 3.82. The van der Waals surface area contributed by atoms with Crippen molar-refractivity contribution in [2.75, 3.05) is 51.0 Å². The normalized spacial score (nSPS) is 15.3. The Balaban J connectivity index is 1.94. The van der Waals surface area contributed by atoms with E-state index in [0.717, 1.165) is 36.5 Å². The van der Waals surface area contributed by atoms with Crippen molar-refractivity contribution in [3.05, 3.63) is 18.2 Å². The Hall–Kier alpha value is -2.08. The van der Waals surface area contributed by atoms with Crippen molar-refractivity contribution in [1.29, 1.82) is 0 Å². The molecule has 0 spiro atoms. The van der Waals surface area contributed by atoms with E-state index in [0.29, 0.717) is 18.2 Å². The van der Waals surface area contributed by atoms with E-state index in [1.54, 1.807) is 0 Å². The number of ether oxygens (including phenoxy) is 1. The van der Waals surface area contributed by atoms with Gasteiger partial charge in [0, 0.05) is 25.3 Å². The number of likely N-dealkylation sites (N-methyl/N-ethyl adjacent to an activating group) is 1. The number of anilines is 2. The number of nitrogens with zero attached hydrogens (tertiary/aromatic N) is 4. The molecule has 1 aliphatic rings. The third-order valence-corrected chi connectivity index (χ3v) is 4.07. The van der Waals surface area contributed by atoms with E-state index in [1.807, 2.05) is 32.3 Å². The Morgan fingerprint density at radius 2 is 1.91 bits per heavy atom. The zero-order valence-corrected chi connectivity index (χ0v) is 14.0. The molecule has 0 amide bonds. The molecule has 2 heterocycles. The first-order valence-corrected chi connectivity index (χ1v) is 8.23. The lowest BCUT2D eigenvalue weighted by Crippen LogP contribution is -2.31. The molecular formula is C17H25N5O. The van der Waals surface area contributed by atoms with Crippen LogP contribution in [0.15, 0.2) is 18.2 Å². The zero-order valence-electron chi connectivity index (χ0n) is 14.0. The summed E-state index contributed by atoms with van der Waals surface area (Å²) in [6.07, 6.45) is 3.66. The van der Waals surface area contributed by atoms with Gasteiger partial charge in [-0.15, -0.1) is 0 Å². The number of fused-ring (bicyclic) bond motifs is 1. The zero-order chi connectivity index (χ0) is 16.2. The van der Waals surface area contributed by atoms with Gasteiger partial charge in [0.05, 0.1) is 11.0 Å². The fourth-order valence-electron chi connectivity index (χ4n) is 2.78. The summed E-state index contributed by atoms with van der Waals surface area (Å²) in [5.41, 5.74) is 8.24. The monoisotopic (exact) mass is 315 g/mol. The van der Waals surface area contributed by atoms with E-state index < -0.39 is 0 Å². The molecule has 124 valence electrons. The maximum absolute atomic E-state index is 5.95. The van der Waals surface area contributed by atoms with Gasteiger partial charge in [0.2, 0.25) is 0 Å². The van der Waals surface area contributed by atoms with Gasteiger partial charge in [-0.2, -0.15) is 0 Å². The SMILES string of the molecule is CN(C)CCOc1nc2ccc(N)cc2nc1N1CCCCC1. The number of benzene rings is 1. The molecule has 1 aromatic carbocycles. The van der Waals surface area contributed by atoms with Gasteiger partial charge in [-0.1, -0.05) is 0 Å². The predicted octanol–water partition coefficient (Wildman–Crippen LogP) is 2.14. The Labute approximate surface area is 137 Å². The minimum atomic E-state index is 0.600. The van der Waals surface area contributed by atoms with Crippen LogP contribution in [0.25, 0.3) is 11.0 Å². The quantitative estimate of drug-likeness (QED) is 0.853.